The molecule has 1 rings (SSSR count). The van der Waals surface area contributed by atoms with Crippen LogP contribution in [0.3, 0.4) is 0 Å². The van der Waals surface area contributed by atoms with Gasteiger partial charge >= 0.3 is 5.97 Å². The van der Waals surface area contributed by atoms with Crippen LogP contribution >= 0.6 is 0 Å². The van der Waals surface area contributed by atoms with Crippen LogP contribution in [0, 0.1) is 5.92 Å². The smallest absolute Gasteiger partial charge is 0.333 e. The summed E-state index contributed by atoms with van der Waals surface area (Å²) >= 11 is 0. The molecule has 1 saturated carbocycles. The fourth-order valence-electron chi connectivity index (χ4n) is 1.97. The van der Waals surface area contributed by atoms with Crippen molar-refractivity contribution in [3.63, 3.8) is 0 Å². The molecule has 0 amide bonds. The number of carbonyl (C=O) groups is 1. The van der Waals surface area contributed by atoms with Gasteiger partial charge in [-0.3, -0.25) is 0 Å². The van der Waals surface area contributed by atoms with Gasteiger partial charge < -0.3 is 4.74 Å². The van der Waals surface area contributed by atoms with E-state index >= 15 is 0 Å². The second kappa shape index (κ2) is 5.84. The molecule has 0 bridgehead atoms. The van der Waals surface area contributed by atoms with Gasteiger partial charge in [0, 0.05) is 5.57 Å². The van der Waals surface area contributed by atoms with E-state index in [4.69, 9.17) is 4.74 Å². The van der Waals surface area contributed by atoms with Gasteiger partial charge in [-0.2, -0.15) is 0 Å². The van der Waals surface area contributed by atoms with Crippen molar-refractivity contribution in [1.82, 2.24) is 0 Å². The Morgan fingerprint density at radius 3 is 2.57 bits per heavy atom. The summed E-state index contributed by atoms with van der Waals surface area (Å²) in [5.74, 6) is 0.450. The van der Waals surface area contributed by atoms with Gasteiger partial charge in [0.1, 0.15) is 0 Å². The zero-order chi connectivity index (χ0) is 10.4. The first-order valence-electron chi connectivity index (χ1n) is 5.59. The van der Waals surface area contributed by atoms with Gasteiger partial charge in [-0.25, -0.2) is 4.79 Å². The van der Waals surface area contributed by atoms with E-state index in [1.54, 1.807) is 0 Å². The van der Waals surface area contributed by atoms with Crippen LogP contribution < -0.4 is 0 Å². The first-order valence-corrected chi connectivity index (χ1v) is 5.59. The quantitative estimate of drug-likeness (QED) is 0.512. The normalized spacial score (nSPS) is 19.4. The van der Waals surface area contributed by atoms with Crippen molar-refractivity contribution in [2.24, 2.45) is 5.92 Å². The number of ether oxygens (including phenoxy) is 1. The Morgan fingerprint density at radius 1 is 1.36 bits per heavy atom. The summed E-state index contributed by atoms with van der Waals surface area (Å²) in [7, 11) is 0. The number of rotatable bonds is 3. The number of carbonyl (C=O) groups excluding carboxylic acids is 1. The highest BCUT2D eigenvalue weighted by molar-refractivity contribution is 5.87. The molecule has 0 radical (unpaired) electrons. The largest absolute Gasteiger partial charge is 0.463 e. The molecular formula is C12H20O2. The summed E-state index contributed by atoms with van der Waals surface area (Å²) in [6, 6.07) is 0. The van der Waals surface area contributed by atoms with E-state index in [2.05, 4.69) is 6.08 Å². The maximum atomic E-state index is 11.3. The van der Waals surface area contributed by atoms with E-state index < -0.39 is 0 Å². The van der Waals surface area contributed by atoms with Crippen LogP contribution in [0.15, 0.2) is 11.6 Å². The molecule has 1 fully saturated rings. The molecule has 2 heteroatoms. The molecule has 0 unspecified atom stereocenters. The Morgan fingerprint density at radius 2 is 2.00 bits per heavy atom. The average Bonchev–Trinajstić information content (AvgIpc) is 2.19. The molecule has 0 heterocycles. The molecule has 0 saturated heterocycles. The van der Waals surface area contributed by atoms with Crippen molar-refractivity contribution in [1.29, 1.82) is 0 Å². The highest BCUT2D eigenvalue weighted by Crippen LogP contribution is 2.25. The maximum absolute atomic E-state index is 11.3. The molecule has 80 valence electrons. The van der Waals surface area contributed by atoms with Crippen LogP contribution in [0.25, 0.3) is 0 Å². The van der Waals surface area contributed by atoms with Crippen molar-refractivity contribution in [2.45, 2.75) is 46.0 Å². The number of allylic oxidation sites excluding steroid dienone is 1. The predicted molar refractivity (Wildman–Crippen MR) is 57.0 cm³/mol. The molecule has 0 atom stereocenters. The summed E-state index contributed by atoms with van der Waals surface area (Å²) in [6.07, 6.45) is 8.52. The molecule has 1 aliphatic rings. The van der Waals surface area contributed by atoms with Crippen molar-refractivity contribution < 1.29 is 9.53 Å². The molecule has 0 aromatic rings. The standard InChI is InChI=1S/C12H20O2/c1-3-14-12(13)10(2)9-11-7-5-4-6-8-11/h9,11H,3-8H2,1-2H3. The Balaban J connectivity index is 2.44. The van der Waals surface area contributed by atoms with Crippen molar-refractivity contribution in [3.05, 3.63) is 11.6 Å². The van der Waals surface area contributed by atoms with E-state index in [9.17, 15) is 4.79 Å². The topological polar surface area (TPSA) is 26.3 Å². The Labute approximate surface area is 86.3 Å². The minimum atomic E-state index is -0.155. The molecule has 14 heavy (non-hydrogen) atoms. The second-order valence-electron chi connectivity index (χ2n) is 3.97. The highest BCUT2D eigenvalue weighted by atomic mass is 16.5. The maximum Gasteiger partial charge on any atom is 0.333 e. The van der Waals surface area contributed by atoms with E-state index in [-0.39, 0.29) is 5.97 Å². The third-order valence-corrected chi connectivity index (χ3v) is 2.73. The third-order valence-electron chi connectivity index (χ3n) is 2.73. The first kappa shape index (κ1) is 11.3. The summed E-state index contributed by atoms with van der Waals surface area (Å²) < 4.78 is 4.94. The zero-order valence-electron chi connectivity index (χ0n) is 9.21. The minimum absolute atomic E-state index is 0.155. The van der Waals surface area contributed by atoms with Gasteiger partial charge in [0.15, 0.2) is 0 Å². The second-order valence-corrected chi connectivity index (χ2v) is 3.97. The highest BCUT2D eigenvalue weighted by Gasteiger charge is 2.13. The molecule has 0 aromatic carbocycles. The first-order chi connectivity index (χ1) is 6.74. The molecular weight excluding hydrogens is 176 g/mol. The average molecular weight is 196 g/mol. The van der Waals surface area contributed by atoms with Crippen molar-refractivity contribution in [2.75, 3.05) is 6.61 Å². The molecule has 0 N–H and O–H groups in total. The van der Waals surface area contributed by atoms with Gasteiger partial charge in [0.25, 0.3) is 0 Å². The Hall–Kier alpha value is -0.790. The van der Waals surface area contributed by atoms with Crippen LogP contribution in [0.1, 0.15) is 46.0 Å². The lowest BCUT2D eigenvalue weighted by Crippen LogP contribution is -2.09. The Kier molecular flexibility index (Phi) is 4.71. The third kappa shape index (κ3) is 3.52. The fourth-order valence-corrected chi connectivity index (χ4v) is 1.97. The molecule has 0 aliphatic heterocycles. The summed E-state index contributed by atoms with van der Waals surface area (Å²) in [4.78, 5) is 11.3. The van der Waals surface area contributed by atoms with Gasteiger partial charge in [0.05, 0.1) is 6.61 Å². The van der Waals surface area contributed by atoms with Crippen LogP contribution in [-0.2, 0) is 9.53 Å². The molecule has 0 aromatic heterocycles. The summed E-state index contributed by atoms with van der Waals surface area (Å²) in [6.45, 7) is 4.16. The Bertz CT molecular complexity index is 212. The van der Waals surface area contributed by atoms with Crippen LogP contribution in [-0.4, -0.2) is 12.6 Å². The fraction of sp³-hybridized carbons (Fsp3) is 0.750. The van der Waals surface area contributed by atoms with E-state index in [0.29, 0.717) is 12.5 Å². The molecule has 2 nitrogen and oxygen atoms in total. The molecule has 1 aliphatic carbocycles. The number of esters is 1. The lowest BCUT2D eigenvalue weighted by atomic mass is 9.88. The van der Waals surface area contributed by atoms with Gasteiger partial charge in [-0.05, 0) is 32.6 Å². The number of hydrogen-bond donors (Lipinski definition) is 0. The lowest BCUT2D eigenvalue weighted by Gasteiger charge is -2.18. The monoisotopic (exact) mass is 196 g/mol. The van der Waals surface area contributed by atoms with Gasteiger partial charge in [0.2, 0.25) is 0 Å². The van der Waals surface area contributed by atoms with Crippen LogP contribution in [0.2, 0.25) is 0 Å². The molecule has 0 spiro atoms. The van der Waals surface area contributed by atoms with Crippen LogP contribution in [0.4, 0.5) is 0 Å². The lowest BCUT2D eigenvalue weighted by molar-refractivity contribution is -0.138. The SMILES string of the molecule is CCOC(=O)C(C)=CC1CCCCC1. The van der Waals surface area contributed by atoms with Crippen molar-refractivity contribution in [3.8, 4) is 0 Å². The van der Waals surface area contributed by atoms with E-state index in [1.807, 2.05) is 13.8 Å². The zero-order valence-corrected chi connectivity index (χ0v) is 9.21. The van der Waals surface area contributed by atoms with Gasteiger partial charge in [-0.1, -0.05) is 25.3 Å². The summed E-state index contributed by atoms with van der Waals surface area (Å²) in [5, 5.41) is 0. The van der Waals surface area contributed by atoms with E-state index in [0.717, 1.165) is 5.57 Å². The van der Waals surface area contributed by atoms with E-state index in [1.165, 1.54) is 32.1 Å². The van der Waals surface area contributed by atoms with Crippen LogP contribution in [0.5, 0.6) is 0 Å². The number of hydrogen-bond acceptors (Lipinski definition) is 2. The predicted octanol–water partition coefficient (Wildman–Crippen LogP) is 3.08. The van der Waals surface area contributed by atoms with Gasteiger partial charge in [-0.15, -0.1) is 0 Å². The summed E-state index contributed by atoms with van der Waals surface area (Å²) in [5.41, 5.74) is 0.777. The minimum Gasteiger partial charge on any atom is -0.463 e. The van der Waals surface area contributed by atoms with Crippen molar-refractivity contribution >= 4 is 5.97 Å².